The molecule has 19 heavy (non-hydrogen) atoms. The predicted molar refractivity (Wildman–Crippen MR) is 74.0 cm³/mol. The number of aromatic nitrogens is 2. The first-order valence-corrected chi connectivity index (χ1v) is 6.50. The van der Waals surface area contributed by atoms with Crippen molar-refractivity contribution in [1.82, 2.24) is 5.27 Å². The van der Waals surface area contributed by atoms with E-state index in [2.05, 4.69) is 21.2 Å². The average Bonchev–Trinajstić information content (AvgIpc) is 2.82. The third kappa shape index (κ3) is 2.24. The van der Waals surface area contributed by atoms with E-state index in [0.29, 0.717) is 5.69 Å². The van der Waals surface area contributed by atoms with Gasteiger partial charge in [-0.3, -0.25) is 4.52 Å². The third-order valence-electron chi connectivity index (χ3n) is 2.78. The summed E-state index contributed by atoms with van der Waals surface area (Å²) in [5.74, 6) is 0. The SMILES string of the molecule is O=c1o[nH][n+](-c2ccc(Br)cc2)c1-c1ccccc1. The third-order valence-corrected chi connectivity index (χ3v) is 3.31. The van der Waals surface area contributed by atoms with Crippen LogP contribution in [0.1, 0.15) is 0 Å². The molecule has 1 aromatic heterocycles. The number of aromatic amines is 1. The summed E-state index contributed by atoms with van der Waals surface area (Å²) in [4.78, 5) is 11.9. The largest absolute Gasteiger partial charge is 0.435 e. The van der Waals surface area contributed by atoms with E-state index in [0.717, 1.165) is 15.7 Å². The first kappa shape index (κ1) is 11.9. The summed E-state index contributed by atoms with van der Waals surface area (Å²) < 4.78 is 7.51. The van der Waals surface area contributed by atoms with E-state index in [9.17, 15) is 4.79 Å². The fourth-order valence-electron chi connectivity index (χ4n) is 1.89. The maximum absolute atomic E-state index is 11.9. The lowest BCUT2D eigenvalue weighted by atomic mass is 10.1. The lowest BCUT2D eigenvalue weighted by molar-refractivity contribution is -0.660. The van der Waals surface area contributed by atoms with Crippen LogP contribution in [0.2, 0.25) is 0 Å². The fourth-order valence-corrected chi connectivity index (χ4v) is 2.15. The maximum atomic E-state index is 11.9. The van der Waals surface area contributed by atoms with E-state index < -0.39 is 5.63 Å². The molecule has 94 valence electrons. The first-order valence-electron chi connectivity index (χ1n) is 5.70. The second-order valence-electron chi connectivity index (χ2n) is 4.01. The Bertz CT molecular complexity index is 745. The lowest BCUT2D eigenvalue weighted by Crippen LogP contribution is -2.36. The smallest absolute Gasteiger partial charge is 0.282 e. The molecule has 0 fully saturated rings. The van der Waals surface area contributed by atoms with Crippen LogP contribution in [0, 0.1) is 0 Å². The Hall–Kier alpha value is -2.14. The van der Waals surface area contributed by atoms with Crippen LogP contribution in [0.5, 0.6) is 0 Å². The molecule has 0 saturated heterocycles. The van der Waals surface area contributed by atoms with Crippen LogP contribution < -0.4 is 10.3 Å². The van der Waals surface area contributed by atoms with Gasteiger partial charge >= 0.3 is 11.3 Å². The predicted octanol–water partition coefficient (Wildman–Crippen LogP) is 2.67. The molecule has 0 radical (unpaired) electrons. The molecule has 1 N–H and O–H groups in total. The van der Waals surface area contributed by atoms with Crippen molar-refractivity contribution in [3.05, 3.63) is 69.5 Å². The molecule has 0 aliphatic carbocycles. The molecule has 0 spiro atoms. The highest BCUT2D eigenvalue weighted by Gasteiger charge is 2.24. The minimum absolute atomic E-state index is 0.394. The number of benzene rings is 2. The van der Waals surface area contributed by atoms with Gasteiger partial charge in [-0.15, -0.1) is 0 Å². The number of halogens is 1. The summed E-state index contributed by atoms with van der Waals surface area (Å²) in [7, 11) is 0. The summed E-state index contributed by atoms with van der Waals surface area (Å²) in [6, 6.07) is 17.0. The van der Waals surface area contributed by atoms with Crippen molar-refractivity contribution in [3.63, 3.8) is 0 Å². The van der Waals surface area contributed by atoms with Crippen molar-refractivity contribution in [2.24, 2.45) is 0 Å². The summed E-state index contributed by atoms with van der Waals surface area (Å²) in [6.07, 6.45) is 0. The molecular formula is C14H10BrN2O2+. The molecule has 0 saturated carbocycles. The van der Waals surface area contributed by atoms with Gasteiger partial charge in [0, 0.05) is 16.6 Å². The molecule has 3 rings (SSSR count). The van der Waals surface area contributed by atoms with Gasteiger partial charge in [-0.25, -0.2) is 4.79 Å². The van der Waals surface area contributed by atoms with Gasteiger partial charge in [-0.05, 0) is 34.2 Å². The van der Waals surface area contributed by atoms with Gasteiger partial charge in [-0.2, -0.15) is 0 Å². The van der Waals surface area contributed by atoms with Crippen molar-refractivity contribution < 1.29 is 9.20 Å². The normalized spacial score (nSPS) is 10.6. The highest BCUT2D eigenvalue weighted by molar-refractivity contribution is 9.10. The second kappa shape index (κ2) is 4.85. The summed E-state index contributed by atoms with van der Waals surface area (Å²) >= 11 is 3.38. The Balaban J connectivity index is 2.19. The Kier molecular flexibility index (Phi) is 3.05. The monoisotopic (exact) mass is 317 g/mol. The van der Waals surface area contributed by atoms with E-state index in [-0.39, 0.29) is 0 Å². The zero-order valence-corrected chi connectivity index (χ0v) is 11.4. The van der Waals surface area contributed by atoms with E-state index >= 15 is 0 Å². The molecule has 3 aromatic rings. The van der Waals surface area contributed by atoms with Crippen LogP contribution in [-0.2, 0) is 0 Å². The molecule has 0 aliphatic heterocycles. The van der Waals surface area contributed by atoms with E-state index in [1.165, 1.54) is 0 Å². The Morgan fingerprint density at radius 3 is 2.37 bits per heavy atom. The van der Waals surface area contributed by atoms with Gasteiger partial charge in [-0.1, -0.05) is 34.1 Å². The zero-order chi connectivity index (χ0) is 13.2. The number of nitrogens with one attached hydrogen (secondary N) is 1. The van der Waals surface area contributed by atoms with E-state index in [1.807, 2.05) is 54.6 Å². The van der Waals surface area contributed by atoms with Gasteiger partial charge in [0.1, 0.15) is 0 Å². The highest BCUT2D eigenvalue weighted by atomic mass is 79.9. The van der Waals surface area contributed by atoms with Crippen LogP contribution in [0.15, 0.2) is 68.4 Å². The molecular weight excluding hydrogens is 308 g/mol. The molecule has 1 heterocycles. The standard InChI is InChI=1S/C14H9BrN2O2/c15-11-6-8-12(9-7-11)17-13(14(18)19-16-17)10-4-2-1-3-5-10/h1-9H/p+1. The zero-order valence-electron chi connectivity index (χ0n) is 9.84. The van der Waals surface area contributed by atoms with E-state index in [4.69, 9.17) is 4.52 Å². The van der Waals surface area contributed by atoms with Crippen LogP contribution in [-0.4, -0.2) is 5.27 Å². The van der Waals surface area contributed by atoms with Gasteiger partial charge < -0.3 is 0 Å². The molecule has 4 nitrogen and oxygen atoms in total. The maximum Gasteiger partial charge on any atom is 0.435 e. The first-order chi connectivity index (χ1) is 9.25. The lowest BCUT2D eigenvalue weighted by Gasteiger charge is -1.95. The summed E-state index contributed by atoms with van der Waals surface area (Å²) in [6.45, 7) is 0. The topological polar surface area (TPSA) is 49.9 Å². The summed E-state index contributed by atoms with van der Waals surface area (Å²) in [5.41, 5.74) is 1.71. The fraction of sp³-hybridized carbons (Fsp3) is 0. The van der Waals surface area contributed by atoms with Crippen molar-refractivity contribution in [1.29, 1.82) is 0 Å². The van der Waals surface area contributed by atoms with Gasteiger partial charge in [0.05, 0.1) is 5.56 Å². The number of rotatable bonds is 2. The van der Waals surface area contributed by atoms with Crippen LogP contribution in [0.3, 0.4) is 0 Å². The second-order valence-corrected chi connectivity index (χ2v) is 4.92. The number of nitrogens with zero attached hydrogens (tertiary/aromatic N) is 1. The Labute approximate surface area is 117 Å². The molecule has 2 aromatic carbocycles. The number of H-pyrrole nitrogens is 1. The van der Waals surface area contributed by atoms with Gasteiger partial charge in [0.2, 0.25) is 5.69 Å². The van der Waals surface area contributed by atoms with Gasteiger partial charge in [0.25, 0.3) is 0 Å². The highest BCUT2D eigenvalue weighted by Crippen LogP contribution is 2.14. The van der Waals surface area contributed by atoms with Crippen LogP contribution in [0.4, 0.5) is 0 Å². The Morgan fingerprint density at radius 2 is 1.68 bits per heavy atom. The molecule has 0 bridgehead atoms. The van der Waals surface area contributed by atoms with Crippen LogP contribution >= 0.6 is 15.9 Å². The Morgan fingerprint density at radius 1 is 1.00 bits per heavy atom. The number of hydrogen-bond donors (Lipinski definition) is 1. The van der Waals surface area contributed by atoms with Crippen molar-refractivity contribution >= 4 is 15.9 Å². The van der Waals surface area contributed by atoms with Gasteiger partial charge in [0.15, 0.2) is 0 Å². The van der Waals surface area contributed by atoms with Crippen molar-refractivity contribution in [3.8, 4) is 16.9 Å². The minimum Gasteiger partial charge on any atom is -0.282 e. The van der Waals surface area contributed by atoms with E-state index in [1.54, 1.807) is 4.68 Å². The molecule has 0 unspecified atom stereocenters. The van der Waals surface area contributed by atoms with Crippen LogP contribution in [0.25, 0.3) is 16.9 Å². The summed E-state index contributed by atoms with van der Waals surface area (Å²) in [5, 5.41) is 2.62. The number of hydrogen-bond acceptors (Lipinski definition) is 2. The quantitative estimate of drug-likeness (QED) is 0.739. The molecule has 0 aliphatic rings. The minimum atomic E-state index is -0.394. The van der Waals surface area contributed by atoms with Crippen molar-refractivity contribution in [2.45, 2.75) is 0 Å². The average molecular weight is 318 g/mol. The molecule has 5 heteroatoms. The molecule has 0 amide bonds. The molecule has 0 atom stereocenters. The van der Waals surface area contributed by atoms with Crippen molar-refractivity contribution in [2.75, 3.05) is 0 Å².